The Balaban J connectivity index is 2.47. The molecular formula is C13H25NO5S. The van der Waals surface area contributed by atoms with Gasteiger partial charge >= 0.3 is 5.97 Å². The largest absolute Gasteiger partial charge is 0.469 e. The number of aliphatic hydroxyl groups is 1. The maximum atomic E-state index is 12.1. The van der Waals surface area contributed by atoms with Crippen LogP contribution < -0.4 is 5.32 Å². The van der Waals surface area contributed by atoms with E-state index in [1.165, 1.54) is 7.11 Å². The highest BCUT2D eigenvalue weighted by molar-refractivity contribution is 7.91. The van der Waals surface area contributed by atoms with Gasteiger partial charge in [0.05, 0.1) is 31.1 Å². The van der Waals surface area contributed by atoms with Crippen LogP contribution in [-0.2, 0) is 19.4 Å². The molecule has 0 heterocycles. The Kier molecular flexibility index (Phi) is 5.97. The van der Waals surface area contributed by atoms with Crippen LogP contribution in [0, 0.1) is 5.41 Å². The summed E-state index contributed by atoms with van der Waals surface area (Å²) in [5.41, 5.74) is -0.461. The molecule has 7 heteroatoms. The third-order valence-electron chi connectivity index (χ3n) is 3.44. The van der Waals surface area contributed by atoms with Crippen LogP contribution in [0.3, 0.4) is 0 Å². The van der Waals surface area contributed by atoms with Gasteiger partial charge in [-0.2, -0.15) is 0 Å². The van der Waals surface area contributed by atoms with E-state index < -0.39 is 21.4 Å². The smallest absolute Gasteiger partial charge is 0.306 e. The summed E-state index contributed by atoms with van der Waals surface area (Å²) in [6.07, 6.45) is 0.670. The molecular weight excluding hydrogens is 282 g/mol. The number of rotatable bonds is 9. The number of esters is 1. The van der Waals surface area contributed by atoms with Gasteiger partial charge in [0.15, 0.2) is 9.84 Å². The lowest BCUT2D eigenvalue weighted by atomic mass is 10.1. The van der Waals surface area contributed by atoms with Gasteiger partial charge in [-0.25, -0.2) is 8.42 Å². The molecule has 0 radical (unpaired) electrons. The first-order valence-corrected chi connectivity index (χ1v) is 8.69. The fraction of sp³-hybridized carbons (Fsp3) is 0.923. The number of nitrogens with one attached hydrogen (secondary N) is 1. The summed E-state index contributed by atoms with van der Waals surface area (Å²) in [5, 5.41) is 12.7. The van der Waals surface area contributed by atoms with E-state index in [1.54, 1.807) is 0 Å². The summed E-state index contributed by atoms with van der Waals surface area (Å²) in [4.78, 5) is 11.3. The number of methoxy groups -OCH3 is 1. The van der Waals surface area contributed by atoms with Crippen LogP contribution in [0.5, 0.6) is 0 Å². The minimum Gasteiger partial charge on any atom is -0.469 e. The Bertz CT molecular complexity index is 428. The van der Waals surface area contributed by atoms with Gasteiger partial charge in [-0.1, -0.05) is 13.8 Å². The molecule has 0 saturated heterocycles. The maximum Gasteiger partial charge on any atom is 0.306 e. The summed E-state index contributed by atoms with van der Waals surface area (Å²) < 4.78 is 28.7. The van der Waals surface area contributed by atoms with Crippen molar-refractivity contribution in [3.05, 3.63) is 0 Å². The molecule has 1 saturated carbocycles. The number of sulfone groups is 1. The average molecular weight is 307 g/mol. The zero-order chi connectivity index (χ0) is 15.4. The molecule has 118 valence electrons. The third kappa shape index (κ3) is 6.19. The highest BCUT2D eigenvalue weighted by Crippen LogP contribution is 2.50. The van der Waals surface area contributed by atoms with Gasteiger partial charge in [0.1, 0.15) is 0 Å². The minimum absolute atomic E-state index is 0.0478. The molecule has 0 spiro atoms. The SMILES string of the molecule is COC(=O)CC1(CS(=O)(=O)CC(O)CNC(C)C)CC1. The van der Waals surface area contributed by atoms with Crippen LogP contribution >= 0.6 is 0 Å². The van der Waals surface area contributed by atoms with Crippen molar-refractivity contribution in [2.24, 2.45) is 5.41 Å². The lowest BCUT2D eigenvalue weighted by Crippen LogP contribution is -2.37. The molecule has 0 aromatic carbocycles. The molecule has 1 fully saturated rings. The Morgan fingerprint density at radius 3 is 2.45 bits per heavy atom. The number of hydrogen-bond acceptors (Lipinski definition) is 6. The summed E-state index contributed by atoms with van der Waals surface area (Å²) in [5.74, 6) is -0.691. The van der Waals surface area contributed by atoms with Crippen molar-refractivity contribution in [3.8, 4) is 0 Å². The molecule has 0 amide bonds. The van der Waals surface area contributed by atoms with E-state index in [0.717, 1.165) is 12.8 Å². The Morgan fingerprint density at radius 2 is 2.00 bits per heavy atom. The zero-order valence-corrected chi connectivity index (χ0v) is 13.2. The Morgan fingerprint density at radius 1 is 1.40 bits per heavy atom. The van der Waals surface area contributed by atoms with Crippen LogP contribution in [0.15, 0.2) is 0 Å². The highest BCUT2D eigenvalue weighted by Gasteiger charge is 2.48. The number of aliphatic hydroxyl groups excluding tert-OH is 1. The number of carbonyl (C=O) groups excluding carboxylic acids is 1. The standard InChI is InChI=1S/C13H25NO5S/c1-10(2)14-7-11(15)8-20(17,18)9-13(4-5-13)6-12(16)19-3/h10-11,14-15H,4-9H2,1-3H3. The molecule has 1 unspecified atom stereocenters. The van der Waals surface area contributed by atoms with Crippen LogP contribution in [0.2, 0.25) is 0 Å². The van der Waals surface area contributed by atoms with Crippen molar-refractivity contribution in [1.82, 2.24) is 5.32 Å². The predicted molar refractivity (Wildman–Crippen MR) is 76.1 cm³/mol. The monoisotopic (exact) mass is 307 g/mol. The van der Waals surface area contributed by atoms with E-state index >= 15 is 0 Å². The van der Waals surface area contributed by atoms with Crippen molar-refractivity contribution in [1.29, 1.82) is 0 Å². The van der Waals surface area contributed by atoms with Crippen molar-refractivity contribution in [3.63, 3.8) is 0 Å². The van der Waals surface area contributed by atoms with Crippen molar-refractivity contribution < 1.29 is 23.1 Å². The molecule has 0 bridgehead atoms. The van der Waals surface area contributed by atoms with Gasteiger partial charge in [0, 0.05) is 12.6 Å². The fourth-order valence-corrected chi connectivity index (χ4v) is 4.32. The van der Waals surface area contributed by atoms with Crippen LogP contribution in [0.25, 0.3) is 0 Å². The molecule has 1 aliphatic carbocycles. The number of hydrogen-bond donors (Lipinski definition) is 2. The molecule has 0 aromatic heterocycles. The van der Waals surface area contributed by atoms with Gasteiger partial charge in [0.2, 0.25) is 0 Å². The molecule has 20 heavy (non-hydrogen) atoms. The normalized spacial score (nSPS) is 18.9. The third-order valence-corrected chi connectivity index (χ3v) is 5.38. The van der Waals surface area contributed by atoms with Crippen molar-refractivity contribution in [2.45, 2.75) is 45.3 Å². The molecule has 1 rings (SSSR count). The Hall–Kier alpha value is -0.660. The summed E-state index contributed by atoms with van der Waals surface area (Å²) in [7, 11) is -2.08. The second-order valence-corrected chi connectivity index (χ2v) is 8.13. The van der Waals surface area contributed by atoms with E-state index in [1.807, 2.05) is 13.8 Å². The van der Waals surface area contributed by atoms with Crippen LogP contribution in [0.4, 0.5) is 0 Å². The van der Waals surface area contributed by atoms with E-state index in [-0.39, 0.29) is 36.5 Å². The van der Waals surface area contributed by atoms with Crippen LogP contribution in [-0.4, -0.2) is 56.8 Å². The van der Waals surface area contributed by atoms with Gasteiger partial charge < -0.3 is 15.2 Å². The summed E-state index contributed by atoms with van der Waals surface area (Å²) in [6, 6.07) is 0.196. The molecule has 0 aliphatic heterocycles. The number of ether oxygens (including phenoxy) is 1. The average Bonchev–Trinajstić information content (AvgIpc) is 3.04. The zero-order valence-electron chi connectivity index (χ0n) is 12.4. The van der Waals surface area contributed by atoms with Crippen molar-refractivity contribution >= 4 is 15.8 Å². The predicted octanol–water partition coefficient (Wildman–Crippen LogP) is 0.103. The fourth-order valence-electron chi connectivity index (χ4n) is 2.18. The second-order valence-electron chi connectivity index (χ2n) is 6.02. The van der Waals surface area contributed by atoms with Gasteiger partial charge in [-0.05, 0) is 18.3 Å². The quantitative estimate of drug-likeness (QED) is 0.587. The van der Waals surface area contributed by atoms with E-state index in [9.17, 15) is 18.3 Å². The summed E-state index contributed by atoms with van der Waals surface area (Å²) in [6.45, 7) is 4.11. The molecule has 6 nitrogen and oxygen atoms in total. The first kappa shape index (κ1) is 17.4. The van der Waals surface area contributed by atoms with E-state index in [4.69, 9.17) is 0 Å². The first-order valence-electron chi connectivity index (χ1n) is 6.87. The molecule has 2 N–H and O–H groups in total. The maximum absolute atomic E-state index is 12.1. The highest BCUT2D eigenvalue weighted by atomic mass is 32.2. The van der Waals surface area contributed by atoms with Gasteiger partial charge in [0.25, 0.3) is 0 Å². The first-order chi connectivity index (χ1) is 9.18. The van der Waals surface area contributed by atoms with E-state index in [0.29, 0.717) is 0 Å². The lowest BCUT2D eigenvalue weighted by Gasteiger charge is -2.17. The Labute approximate surface area is 120 Å². The topological polar surface area (TPSA) is 92.7 Å². The van der Waals surface area contributed by atoms with Gasteiger partial charge in [-0.15, -0.1) is 0 Å². The molecule has 1 aliphatic rings. The van der Waals surface area contributed by atoms with Crippen LogP contribution in [0.1, 0.15) is 33.1 Å². The second kappa shape index (κ2) is 6.87. The van der Waals surface area contributed by atoms with Gasteiger partial charge in [-0.3, -0.25) is 4.79 Å². The number of carbonyl (C=O) groups is 1. The summed E-state index contributed by atoms with van der Waals surface area (Å²) >= 11 is 0. The van der Waals surface area contributed by atoms with E-state index in [2.05, 4.69) is 10.1 Å². The lowest BCUT2D eigenvalue weighted by molar-refractivity contribution is -0.141. The molecule has 1 atom stereocenters. The molecule has 0 aromatic rings. The van der Waals surface area contributed by atoms with Crippen molar-refractivity contribution in [2.75, 3.05) is 25.2 Å². The minimum atomic E-state index is -3.38.